The number of ether oxygens (including phenoxy) is 2. The van der Waals surface area contributed by atoms with E-state index in [9.17, 15) is 15.0 Å². The highest BCUT2D eigenvalue weighted by molar-refractivity contribution is 5.71. The Morgan fingerprint density at radius 2 is 2.02 bits per heavy atom. The molecule has 3 atom stereocenters. The zero-order chi connectivity index (χ0) is 28.6. The molecular formula is C32H37FN2O5. The summed E-state index contributed by atoms with van der Waals surface area (Å²) in [6, 6.07) is 13.1. The fraction of sp³-hybridized carbons (Fsp3) is 0.438. The molecule has 212 valence electrons. The molecule has 1 saturated heterocycles. The number of hydrogen-bond acceptors (Lipinski definition) is 6. The highest BCUT2D eigenvalue weighted by Gasteiger charge is 2.33. The lowest BCUT2D eigenvalue weighted by molar-refractivity contribution is -0.145. The first-order valence-electron chi connectivity index (χ1n) is 13.9. The number of methoxy groups -OCH3 is 1. The van der Waals surface area contributed by atoms with Crippen LogP contribution in [-0.4, -0.2) is 45.3 Å². The Labute approximate surface area is 234 Å². The molecule has 2 aromatic carbocycles. The van der Waals surface area contributed by atoms with Crippen molar-refractivity contribution in [3.05, 3.63) is 76.7 Å². The molecule has 0 saturated carbocycles. The zero-order valence-electron chi connectivity index (χ0n) is 23.5. The number of carboxylic acid groups (broad SMARTS) is 1. The summed E-state index contributed by atoms with van der Waals surface area (Å²) in [5.74, 6) is -1.38. The van der Waals surface area contributed by atoms with Crippen LogP contribution in [0, 0.1) is 11.7 Å². The summed E-state index contributed by atoms with van der Waals surface area (Å²) in [6.45, 7) is 7.64. The molecule has 1 aromatic heterocycles. The van der Waals surface area contributed by atoms with Gasteiger partial charge in [0.15, 0.2) is 0 Å². The summed E-state index contributed by atoms with van der Waals surface area (Å²) in [5, 5.41) is 19.9. The second-order valence-corrected chi connectivity index (χ2v) is 11.5. The Balaban J connectivity index is 1.49. The largest absolute Gasteiger partial charge is 0.485 e. The van der Waals surface area contributed by atoms with Crippen molar-refractivity contribution in [1.82, 2.24) is 9.88 Å². The third-order valence-corrected chi connectivity index (χ3v) is 8.51. The van der Waals surface area contributed by atoms with E-state index in [0.29, 0.717) is 29.3 Å². The highest BCUT2D eigenvalue weighted by Crippen LogP contribution is 2.40. The summed E-state index contributed by atoms with van der Waals surface area (Å²) in [6.07, 6.45) is 3.63. The number of aliphatic hydroxyl groups excluding tert-OH is 1. The second-order valence-electron chi connectivity index (χ2n) is 11.5. The lowest BCUT2D eigenvalue weighted by atomic mass is 9.90. The van der Waals surface area contributed by atoms with E-state index >= 15 is 4.39 Å². The van der Waals surface area contributed by atoms with Crippen LogP contribution < -0.4 is 9.47 Å². The number of benzene rings is 2. The van der Waals surface area contributed by atoms with Gasteiger partial charge in [-0.2, -0.15) is 0 Å². The van der Waals surface area contributed by atoms with Crippen LogP contribution in [-0.2, 0) is 17.8 Å². The molecule has 0 amide bonds. The van der Waals surface area contributed by atoms with Gasteiger partial charge < -0.3 is 19.7 Å². The van der Waals surface area contributed by atoms with Crippen LogP contribution in [0.3, 0.4) is 0 Å². The van der Waals surface area contributed by atoms with Gasteiger partial charge in [-0.05, 0) is 86.9 Å². The first-order valence-corrected chi connectivity index (χ1v) is 13.9. The monoisotopic (exact) mass is 548 g/mol. The van der Waals surface area contributed by atoms with Crippen molar-refractivity contribution in [2.75, 3.05) is 13.7 Å². The van der Waals surface area contributed by atoms with Crippen LogP contribution in [0.15, 0.2) is 48.7 Å². The molecule has 3 aromatic rings. The number of aromatic nitrogens is 1. The van der Waals surface area contributed by atoms with E-state index in [4.69, 9.17) is 9.47 Å². The van der Waals surface area contributed by atoms with Gasteiger partial charge in [0.05, 0.1) is 25.3 Å². The summed E-state index contributed by atoms with van der Waals surface area (Å²) < 4.78 is 26.8. The maximum Gasteiger partial charge on any atom is 0.309 e. The first-order chi connectivity index (χ1) is 19.1. The standard InChI is InChI=1S/C32H37FN2O5/c1-19(31(37)38)30(36)22-7-6-20-9-11-27(40-28(20)15-22)21-8-10-24(25-16-29(39-4)34-17-26(25)33)23(14-21)18-35-13-5-12-32(35,2)3/h6-8,10,14-17,19,27,30,36H,5,9,11-13,18H2,1-4H3,(H,37,38)/t19-,27?,30+/m0/s1. The lowest BCUT2D eigenvalue weighted by Gasteiger charge is -2.33. The van der Waals surface area contributed by atoms with Crippen molar-refractivity contribution in [2.24, 2.45) is 5.92 Å². The van der Waals surface area contributed by atoms with Crippen LogP contribution in [0.5, 0.6) is 11.6 Å². The molecule has 8 heteroatoms. The Morgan fingerprint density at radius 3 is 2.73 bits per heavy atom. The van der Waals surface area contributed by atoms with Crippen molar-refractivity contribution in [1.29, 1.82) is 0 Å². The molecule has 2 N–H and O–H groups in total. The van der Waals surface area contributed by atoms with Gasteiger partial charge in [0.1, 0.15) is 17.7 Å². The van der Waals surface area contributed by atoms with Crippen LogP contribution >= 0.6 is 0 Å². The van der Waals surface area contributed by atoms with Crippen molar-refractivity contribution >= 4 is 5.97 Å². The maximum absolute atomic E-state index is 15.1. The molecule has 0 aliphatic carbocycles. The number of pyridine rings is 1. The molecule has 2 aliphatic rings. The Hall–Kier alpha value is -3.49. The first kappa shape index (κ1) is 28.1. The molecular weight excluding hydrogens is 511 g/mol. The van der Waals surface area contributed by atoms with E-state index in [0.717, 1.165) is 54.5 Å². The number of carboxylic acids is 1. The summed E-state index contributed by atoms with van der Waals surface area (Å²) in [4.78, 5) is 17.9. The smallest absolute Gasteiger partial charge is 0.309 e. The van der Waals surface area contributed by atoms with Gasteiger partial charge in [-0.25, -0.2) is 9.37 Å². The minimum absolute atomic E-state index is 0.0480. The van der Waals surface area contributed by atoms with E-state index in [1.54, 1.807) is 18.2 Å². The van der Waals surface area contributed by atoms with E-state index in [1.165, 1.54) is 20.2 Å². The summed E-state index contributed by atoms with van der Waals surface area (Å²) >= 11 is 0. The summed E-state index contributed by atoms with van der Waals surface area (Å²) in [5.41, 5.74) is 4.84. The second kappa shape index (κ2) is 11.2. The number of halogens is 1. The number of aryl methyl sites for hydroxylation is 1. The number of rotatable bonds is 8. The number of hydrogen-bond donors (Lipinski definition) is 2. The highest BCUT2D eigenvalue weighted by atomic mass is 19.1. The minimum Gasteiger partial charge on any atom is -0.485 e. The van der Waals surface area contributed by atoms with E-state index in [-0.39, 0.29) is 11.6 Å². The van der Waals surface area contributed by atoms with E-state index in [2.05, 4.69) is 29.8 Å². The zero-order valence-corrected chi connectivity index (χ0v) is 23.5. The molecule has 2 aliphatic heterocycles. The van der Waals surface area contributed by atoms with Crippen molar-refractivity contribution in [2.45, 2.75) is 70.7 Å². The maximum atomic E-state index is 15.1. The van der Waals surface area contributed by atoms with Gasteiger partial charge in [0, 0.05) is 23.7 Å². The molecule has 40 heavy (non-hydrogen) atoms. The molecule has 3 heterocycles. The number of carbonyl (C=O) groups is 1. The normalized spacial score (nSPS) is 19.9. The Kier molecular flexibility index (Phi) is 7.84. The number of fused-ring (bicyclic) bond motifs is 1. The van der Waals surface area contributed by atoms with Crippen LogP contribution in [0.25, 0.3) is 11.1 Å². The van der Waals surface area contributed by atoms with Gasteiger partial charge in [0.25, 0.3) is 0 Å². The Morgan fingerprint density at radius 1 is 1.23 bits per heavy atom. The molecule has 5 rings (SSSR count). The van der Waals surface area contributed by atoms with Crippen molar-refractivity contribution < 1.29 is 28.9 Å². The van der Waals surface area contributed by atoms with Crippen LogP contribution in [0.1, 0.15) is 74.5 Å². The predicted molar refractivity (Wildman–Crippen MR) is 150 cm³/mol. The molecule has 7 nitrogen and oxygen atoms in total. The molecule has 1 unspecified atom stereocenters. The van der Waals surface area contributed by atoms with E-state index < -0.39 is 23.8 Å². The van der Waals surface area contributed by atoms with Crippen molar-refractivity contribution in [3.63, 3.8) is 0 Å². The molecule has 1 fully saturated rings. The number of nitrogens with zero attached hydrogens (tertiary/aromatic N) is 2. The number of likely N-dealkylation sites (tertiary alicyclic amines) is 1. The third kappa shape index (κ3) is 5.56. The number of aliphatic hydroxyl groups is 1. The number of aliphatic carboxylic acids is 1. The van der Waals surface area contributed by atoms with Crippen molar-refractivity contribution in [3.8, 4) is 22.8 Å². The van der Waals surface area contributed by atoms with Gasteiger partial charge in [-0.15, -0.1) is 0 Å². The molecule has 0 spiro atoms. The third-order valence-electron chi connectivity index (χ3n) is 8.51. The minimum atomic E-state index is -1.13. The summed E-state index contributed by atoms with van der Waals surface area (Å²) in [7, 11) is 1.52. The Bertz CT molecular complexity index is 1410. The lowest BCUT2D eigenvalue weighted by Crippen LogP contribution is -2.37. The van der Waals surface area contributed by atoms with Gasteiger partial charge in [-0.3, -0.25) is 9.69 Å². The molecule has 0 bridgehead atoms. The quantitative estimate of drug-likeness (QED) is 0.352. The van der Waals surface area contributed by atoms with Gasteiger partial charge >= 0.3 is 5.97 Å². The van der Waals surface area contributed by atoms with Crippen LogP contribution in [0.2, 0.25) is 0 Å². The SMILES string of the molecule is COc1cc(-c2ccc(C3CCc4ccc([C@H](O)[C@H](C)C(=O)O)cc4O3)cc2CN2CCCC2(C)C)c(F)cn1. The predicted octanol–water partition coefficient (Wildman–Crippen LogP) is 6.09. The van der Waals surface area contributed by atoms with Gasteiger partial charge in [-0.1, -0.05) is 30.3 Å². The molecule has 0 radical (unpaired) electrons. The fourth-order valence-electron chi connectivity index (χ4n) is 5.84. The fourth-order valence-corrected chi connectivity index (χ4v) is 5.84. The van der Waals surface area contributed by atoms with Gasteiger partial charge in [0.2, 0.25) is 5.88 Å². The van der Waals surface area contributed by atoms with Crippen LogP contribution in [0.4, 0.5) is 4.39 Å². The average Bonchev–Trinajstić information content (AvgIpc) is 3.29. The van der Waals surface area contributed by atoms with E-state index in [1.807, 2.05) is 18.2 Å². The average molecular weight is 549 g/mol. The topological polar surface area (TPSA) is 92.1 Å².